The van der Waals surface area contributed by atoms with E-state index in [4.69, 9.17) is 11.6 Å². The Morgan fingerprint density at radius 3 is 2.32 bits per heavy atom. The van der Waals surface area contributed by atoms with Crippen molar-refractivity contribution in [2.24, 2.45) is 7.05 Å². The second-order valence-electron chi connectivity index (χ2n) is 5.97. The molecule has 0 aliphatic rings. The van der Waals surface area contributed by atoms with Gasteiger partial charge in [0.25, 0.3) is 9.84 Å². The number of imidazole rings is 1. The number of halogens is 4. The Bertz CT molecular complexity index is 1080. The van der Waals surface area contributed by atoms with Gasteiger partial charge in [-0.05, 0) is 29.8 Å². The summed E-state index contributed by atoms with van der Waals surface area (Å²) in [4.78, 5) is 3.40. The van der Waals surface area contributed by atoms with Crippen LogP contribution >= 0.6 is 11.6 Å². The van der Waals surface area contributed by atoms with Crippen molar-refractivity contribution >= 4 is 27.1 Å². The number of sulfone groups is 1. The van der Waals surface area contributed by atoms with Crippen LogP contribution in [0.15, 0.2) is 65.8 Å². The molecule has 0 radical (unpaired) electrons. The minimum atomic E-state index is -5.53. The average Bonchev–Trinajstić information content (AvgIpc) is 3.05. The summed E-state index contributed by atoms with van der Waals surface area (Å²) >= 11 is 5.92. The number of alkyl halides is 3. The molecule has 1 aromatic heterocycles. The van der Waals surface area contributed by atoms with Gasteiger partial charge in [-0.2, -0.15) is 13.2 Å². The molecule has 0 bridgehead atoms. The van der Waals surface area contributed by atoms with Crippen LogP contribution in [0.1, 0.15) is 17.4 Å². The number of hydrogen-bond acceptors (Lipinski definition) is 4. The van der Waals surface area contributed by atoms with Gasteiger partial charge in [0.05, 0.1) is 10.6 Å². The van der Waals surface area contributed by atoms with Crippen molar-refractivity contribution in [1.82, 2.24) is 9.55 Å². The van der Waals surface area contributed by atoms with Crippen molar-refractivity contribution in [2.45, 2.75) is 16.4 Å². The number of aryl methyl sites for hydroxylation is 1. The Labute approximate surface area is 164 Å². The molecule has 0 saturated carbocycles. The number of aromatic nitrogens is 2. The van der Waals surface area contributed by atoms with Crippen LogP contribution < -0.4 is 5.32 Å². The lowest BCUT2D eigenvalue weighted by Crippen LogP contribution is -2.25. The van der Waals surface area contributed by atoms with Crippen LogP contribution in [0.5, 0.6) is 0 Å². The van der Waals surface area contributed by atoms with Crippen LogP contribution in [-0.2, 0) is 16.9 Å². The Morgan fingerprint density at radius 2 is 1.75 bits per heavy atom. The van der Waals surface area contributed by atoms with Gasteiger partial charge in [-0.1, -0.05) is 35.9 Å². The molecule has 28 heavy (non-hydrogen) atoms. The molecule has 0 aliphatic carbocycles. The third-order valence-electron chi connectivity index (χ3n) is 4.10. The number of nitrogens with zero attached hydrogens (tertiary/aromatic N) is 2. The van der Waals surface area contributed by atoms with Crippen molar-refractivity contribution in [3.63, 3.8) is 0 Å². The van der Waals surface area contributed by atoms with Gasteiger partial charge in [0.1, 0.15) is 11.9 Å². The van der Waals surface area contributed by atoms with Crippen molar-refractivity contribution in [2.75, 3.05) is 5.32 Å². The van der Waals surface area contributed by atoms with Gasteiger partial charge in [-0.15, -0.1) is 0 Å². The van der Waals surface area contributed by atoms with Gasteiger partial charge in [-0.3, -0.25) is 0 Å². The Kier molecular flexibility index (Phi) is 5.40. The molecule has 3 rings (SSSR count). The van der Waals surface area contributed by atoms with E-state index in [0.717, 1.165) is 6.07 Å². The second kappa shape index (κ2) is 7.48. The summed E-state index contributed by atoms with van der Waals surface area (Å²) in [6.07, 6.45) is 3.22. The van der Waals surface area contributed by atoms with E-state index in [1.165, 1.54) is 24.4 Å². The van der Waals surface area contributed by atoms with E-state index in [-0.39, 0.29) is 5.69 Å². The number of rotatable bonds is 5. The highest BCUT2D eigenvalue weighted by Crippen LogP contribution is 2.36. The monoisotopic (exact) mass is 429 g/mol. The third kappa shape index (κ3) is 3.85. The fraction of sp³-hybridized carbons (Fsp3) is 0.167. The molecule has 0 saturated heterocycles. The van der Waals surface area contributed by atoms with Crippen molar-refractivity contribution in [1.29, 1.82) is 0 Å². The van der Waals surface area contributed by atoms with E-state index in [0.29, 0.717) is 16.4 Å². The van der Waals surface area contributed by atoms with Crippen molar-refractivity contribution < 1.29 is 21.6 Å². The lowest BCUT2D eigenvalue weighted by molar-refractivity contribution is -0.0435. The van der Waals surface area contributed by atoms with E-state index in [1.54, 1.807) is 42.1 Å². The topological polar surface area (TPSA) is 64.0 Å². The number of para-hydroxylation sites is 1. The number of anilines is 1. The van der Waals surface area contributed by atoms with Crippen LogP contribution in [0.4, 0.5) is 18.9 Å². The molecule has 1 N–H and O–H groups in total. The molecule has 2 aromatic carbocycles. The summed E-state index contributed by atoms with van der Waals surface area (Å²) in [5.41, 5.74) is -4.94. The molecule has 3 aromatic rings. The van der Waals surface area contributed by atoms with Crippen LogP contribution in [-0.4, -0.2) is 23.5 Å². The predicted octanol–water partition coefficient (Wildman–Crippen LogP) is 4.57. The zero-order chi connectivity index (χ0) is 20.5. The zero-order valence-corrected chi connectivity index (χ0v) is 16.1. The molecule has 10 heteroatoms. The van der Waals surface area contributed by atoms with Crippen molar-refractivity contribution in [3.8, 4) is 0 Å². The van der Waals surface area contributed by atoms with Gasteiger partial charge < -0.3 is 9.88 Å². The number of hydrogen-bond donors (Lipinski definition) is 1. The summed E-state index contributed by atoms with van der Waals surface area (Å²) in [6.45, 7) is 0. The fourth-order valence-corrected chi connectivity index (χ4v) is 3.76. The molecule has 0 fully saturated rings. The van der Waals surface area contributed by atoms with E-state index in [2.05, 4.69) is 10.3 Å². The van der Waals surface area contributed by atoms with E-state index in [1.807, 2.05) is 0 Å². The SMILES string of the molecule is Cn1ccnc1[C@@H](Nc1ccccc1S(=O)(=O)C(F)(F)F)c1ccc(Cl)cc1. The normalized spacial score (nSPS) is 13.3. The van der Waals surface area contributed by atoms with Crippen LogP contribution in [0, 0.1) is 0 Å². The summed E-state index contributed by atoms with van der Waals surface area (Å²) in [5.74, 6) is 0.488. The van der Waals surface area contributed by atoms with Crippen LogP contribution in [0.3, 0.4) is 0 Å². The highest BCUT2D eigenvalue weighted by Gasteiger charge is 2.48. The number of nitrogens with one attached hydrogen (secondary N) is 1. The Hall–Kier alpha value is -2.52. The van der Waals surface area contributed by atoms with E-state index < -0.39 is 26.3 Å². The molecule has 1 atom stereocenters. The molecule has 0 aliphatic heterocycles. The van der Waals surface area contributed by atoms with Gasteiger partial charge in [-0.25, -0.2) is 13.4 Å². The van der Waals surface area contributed by atoms with Crippen molar-refractivity contribution in [3.05, 3.63) is 77.3 Å². The maximum atomic E-state index is 13.1. The molecule has 1 heterocycles. The minimum Gasteiger partial charge on any atom is -0.370 e. The molecular formula is C18H15ClF3N3O2S. The Balaban J connectivity index is 2.11. The molecular weight excluding hydrogens is 415 g/mol. The summed E-state index contributed by atoms with van der Waals surface area (Å²) in [5, 5.41) is 3.39. The highest BCUT2D eigenvalue weighted by molar-refractivity contribution is 7.92. The number of benzene rings is 2. The maximum absolute atomic E-state index is 13.1. The Morgan fingerprint density at radius 1 is 1.11 bits per heavy atom. The standard InChI is InChI=1S/C18H15ClF3N3O2S/c1-25-11-10-23-17(25)16(12-6-8-13(19)9-7-12)24-14-4-2-3-5-15(14)28(26,27)18(20,21)22/h2-11,16,24H,1H3/t16-/m0/s1. The highest BCUT2D eigenvalue weighted by atomic mass is 35.5. The lowest BCUT2D eigenvalue weighted by atomic mass is 10.1. The lowest BCUT2D eigenvalue weighted by Gasteiger charge is -2.22. The summed E-state index contributed by atoms with van der Waals surface area (Å²) in [6, 6.07) is 10.8. The third-order valence-corrected chi connectivity index (χ3v) is 5.90. The smallest absolute Gasteiger partial charge is 0.370 e. The summed E-state index contributed by atoms with van der Waals surface area (Å²) in [7, 11) is -3.80. The first-order valence-corrected chi connectivity index (χ1v) is 9.87. The molecule has 0 unspecified atom stereocenters. The van der Waals surface area contributed by atoms with Gasteiger partial charge in [0.15, 0.2) is 0 Å². The average molecular weight is 430 g/mol. The van der Waals surface area contributed by atoms with Crippen LogP contribution in [0.2, 0.25) is 5.02 Å². The second-order valence-corrected chi connectivity index (χ2v) is 8.32. The largest absolute Gasteiger partial charge is 0.501 e. The maximum Gasteiger partial charge on any atom is 0.501 e. The van der Waals surface area contributed by atoms with E-state index in [9.17, 15) is 21.6 Å². The fourth-order valence-electron chi connectivity index (χ4n) is 2.71. The van der Waals surface area contributed by atoms with E-state index >= 15 is 0 Å². The first-order chi connectivity index (χ1) is 13.1. The molecule has 0 spiro atoms. The van der Waals surface area contributed by atoms with Gasteiger partial charge >= 0.3 is 5.51 Å². The van der Waals surface area contributed by atoms with Gasteiger partial charge in [0, 0.05) is 24.5 Å². The van der Waals surface area contributed by atoms with Crippen LogP contribution in [0.25, 0.3) is 0 Å². The zero-order valence-electron chi connectivity index (χ0n) is 14.5. The first kappa shape index (κ1) is 20.2. The summed E-state index contributed by atoms with van der Waals surface area (Å²) < 4.78 is 64.9. The minimum absolute atomic E-state index is 0.178. The molecule has 5 nitrogen and oxygen atoms in total. The predicted molar refractivity (Wildman–Crippen MR) is 99.8 cm³/mol. The van der Waals surface area contributed by atoms with Gasteiger partial charge in [0.2, 0.25) is 0 Å². The molecule has 148 valence electrons. The quantitative estimate of drug-likeness (QED) is 0.645. The molecule has 0 amide bonds. The first-order valence-electron chi connectivity index (χ1n) is 8.01.